The number of aryl methyl sites for hydroxylation is 2. The predicted octanol–water partition coefficient (Wildman–Crippen LogP) is 3.72. The number of nitrogens with one attached hydrogen (secondary N) is 3. The first kappa shape index (κ1) is 28.7. The largest absolute Gasteiger partial charge is 0.452 e. The normalized spacial score (nSPS) is 13.6. The molecule has 2 aromatic heterocycles. The molecular weight excluding hydrogens is 560 g/mol. The van der Waals surface area contributed by atoms with Gasteiger partial charge in [0.05, 0.1) is 29.6 Å². The maximum Gasteiger partial charge on any atom is 0.335 e. The number of nitrogens with zero attached hydrogens (tertiary/aromatic N) is 4. The Morgan fingerprint density at radius 2 is 1.93 bits per heavy atom. The summed E-state index contributed by atoms with van der Waals surface area (Å²) in [6.45, 7) is 1.81. The zero-order valence-electron chi connectivity index (χ0n) is 23.0. The van der Waals surface area contributed by atoms with Crippen molar-refractivity contribution in [2.75, 3.05) is 5.32 Å². The summed E-state index contributed by atoms with van der Waals surface area (Å²) < 4.78 is 38.2. The highest BCUT2D eigenvalue weighted by atomic mass is 19.1. The number of imidazole rings is 1. The van der Waals surface area contributed by atoms with E-state index in [0.29, 0.717) is 11.3 Å². The first-order chi connectivity index (χ1) is 20.7. The number of halogens is 2. The van der Waals surface area contributed by atoms with Crippen molar-refractivity contribution in [2.45, 2.75) is 13.5 Å². The van der Waals surface area contributed by atoms with Crippen molar-refractivity contribution < 1.29 is 18.3 Å². The van der Waals surface area contributed by atoms with E-state index >= 15 is 4.39 Å². The molecule has 11 nitrogen and oxygen atoms in total. The molecule has 0 bridgehead atoms. The zero-order chi connectivity index (χ0) is 30.7. The average Bonchev–Trinajstić information content (AvgIpc) is 3.42. The molecule has 0 atom stereocenters. The monoisotopic (exact) mass is 585 g/mol. The van der Waals surface area contributed by atoms with Gasteiger partial charge in [0.15, 0.2) is 17.3 Å². The molecule has 0 fully saturated rings. The fourth-order valence-electron chi connectivity index (χ4n) is 4.35. The summed E-state index contributed by atoms with van der Waals surface area (Å²) in [6.07, 6.45) is 10.3. The maximum atomic E-state index is 15.2. The van der Waals surface area contributed by atoms with Crippen LogP contribution in [-0.2, 0) is 13.6 Å². The molecule has 1 aliphatic heterocycles. The van der Waals surface area contributed by atoms with Gasteiger partial charge in [-0.25, -0.2) is 23.1 Å². The summed E-state index contributed by atoms with van der Waals surface area (Å²) in [5.41, 5.74) is 0.0202. The van der Waals surface area contributed by atoms with Crippen LogP contribution in [0, 0.1) is 17.0 Å². The molecule has 0 aliphatic carbocycles. The second kappa shape index (κ2) is 11.9. The van der Waals surface area contributed by atoms with E-state index in [1.165, 1.54) is 30.3 Å². The average molecular weight is 586 g/mol. The molecule has 0 radical (unpaired) electrons. The quantitative estimate of drug-likeness (QED) is 0.270. The molecule has 43 heavy (non-hydrogen) atoms. The zero-order valence-corrected chi connectivity index (χ0v) is 23.0. The van der Waals surface area contributed by atoms with Crippen LogP contribution in [-0.4, -0.2) is 30.8 Å². The molecular formula is C30H25F2N7O4. The standard InChI is InChI=1S/C30H25F2N7O4/c1-3-38-16-22(29(41)39(30(38)42)21-7-4-19(31)5-8-21)28(40)36-20-6-9-26(23(32)13-20)43-27-12-18(14-35-24(27)10-11-33)25-15-34-17-37(25)2/h4-17,33,35H,3H2,1-2H3,(H,36,40)/b24-10-,33-11?. The molecule has 4 aromatic rings. The van der Waals surface area contributed by atoms with E-state index in [1.807, 2.05) is 7.05 Å². The van der Waals surface area contributed by atoms with Crippen molar-refractivity contribution in [3.8, 4) is 11.4 Å². The number of dihydropyridines is 1. The number of carbonyl (C=O) groups is 1. The smallest absolute Gasteiger partial charge is 0.335 e. The lowest BCUT2D eigenvalue weighted by atomic mass is 10.1. The number of rotatable bonds is 8. The number of benzene rings is 2. The highest BCUT2D eigenvalue weighted by Crippen LogP contribution is 2.29. The van der Waals surface area contributed by atoms with Crippen molar-refractivity contribution in [1.29, 1.82) is 5.41 Å². The molecule has 0 saturated carbocycles. The Labute approximate surface area is 243 Å². The van der Waals surface area contributed by atoms with Crippen molar-refractivity contribution in [3.05, 3.63) is 135 Å². The molecule has 0 unspecified atom stereocenters. The van der Waals surface area contributed by atoms with E-state index < -0.39 is 28.8 Å². The van der Waals surface area contributed by atoms with E-state index in [4.69, 9.17) is 10.1 Å². The first-order valence-corrected chi connectivity index (χ1v) is 13.0. The van der Waals surface area contributed by atoms with E-state index in [0.717, 1.165) is 45.4 Å². The Balaban J connectivity index is 1.42. The molecule has 0 spiro atoms. The molecule has 1 amide bonds. The van der Waals surface area contributed by atoms with E-state index in [2.05, 4.69) is 15.6 Å². The van der Waals surface area contributed by atoms with Gasteiger partial charge in [-0.3, -0.25) is 14.2 Å². The number of allylic oxidation sites excluding steroid dienone is 3. The first-order valence-electron chi connectivity index (χ1n) is 13.0. The molecule has 0 saturated heterocycles. The number of hydrogen-bond acceptors (Lipinski definition) is 7. The van der Waals surface area contributed by atoms with Gasteiger partial charge in [0.1, 0.15) is 11.4 Å². The Hall–Kier alpha value is -5.85. The van der Waals surface area contributed by atoms with Crippen molar-refractivity contribution >= 4 is 23.4 Å². The molecule has 5 rings (SSSR count). The van der Waals surface area contributed by atoms with Crippen LogP contribution in [0.3, 0.4) is 0 Å². The minimum Gasteiger partial charge on any atom is -0.452 e. The van der Waals surface area contributed by atoms with E-state index in [-0.39, 0.29) is 35.0 Å². The minimum atomic E-state index is -0.918. The van der Waals surface area contributed by atoms with Gasteiger partial charge in [0.2, 0.25) is 0 Å². The van der Waals surface area contributed by atoms with Gasteiger partial charge in [-0.15, -0.1) is 0 Å². The lowest BCUT2D eigenvalue weighted by Gasteiger charge is -2.20. The summed E-state index contributed by atoms with van der Waals surface area (Å²) in [5.74, 6) is -2.17. The summed E-state index contributed by atoms with van der Waals surface area (Å²) in [5, 5.41) is 12.9. The number of aromatic nitrogens is 4. The van der Waals surface area contributed by atoms with Gasteiger partial charge in [0.25, 0.3) is 11.5 Å². The fraction of sp³-hybridized carbons (Fsp3) is 0.100. The number of carbonyl (C=O) groups excluding carboxylic acids is 1. The minimum absolute atomic E-state index is 0.0262. The van der Waals surface area contributed by atoms with Gasteiger partial charge in [-0.2, -0.15) is 0 Å². The highest BCUT2D eigenvalue weighted by Gasteiger charge is 2.21. The van der Waals surface area contributed by atoms with Crippen molar-refractivity contribution in [3.63, 3.8) is 0 Å². The molecule has 2 aromatic carbocycles. The molecule has 1 aliphatic rings. The SMILES string of the molecule is CCn1cc(C(=O)Nc2ccc(OC3=CC(c4cncn4C)=CN/C3=C\C=N)c(F)c2)c(=O)n(-c2ccc(F)cc2)c1=O. The van der Waals surface area contributed by atoms with Gasteiger partial charge >= 0.3 is 5.69 Å². The van der Waals surface area contributed by atoms with Gasteiger partial charge in [0, 0.05) is 49.5 Å². The Bertz CT molecular complexity index is 1950. The van der Waals surface area contributed by atoms with Crippen LogP contribution in [0.5, 0.6) is 5.75 Å². The fourth-order valence-corrected chi connectivity index (χ4v) is 4.35. The van der Waals surface area contributed by atoms with Gasteiger partial charge in [-0.1, -0.05) is 0 Å². The van der Waals surface area contributed by atoms with Crippen molar-refractivity contribution in [1.82, 2.24) is 24.0 Å². The molecule has 3 N–H and O–H groups in total. The van der Waals surface area contributed by atoms with Crippen LogP contribution in [0.25, 0.3) is 11.3 Å². The third-order valence-electron chi connectivity index (χ3n) is 6.53. The summed E-state index contributed by atoms with van der Waals surface area (Å²) >= 11 is 0. The molecule has 3 heterocycles. The van der Waals surface area contributed by atoms with Crippen molar-refractivity contribution in [2.24, 2.45) is 7.05 Å². The third-order valence-corrected chi connectivity index (χ3v) is 6.53. The summed E-state index contributed by atoms with van der Waals surface area (Å²) in [7, 11) is 1.82. The predicted molar refractivity (Wildman–Crippen MR) is 156 cm³/mol. The number of anilines is 1. The summed E-state index contributed by atoms with van der Waals surface area (Å²) in [4.78, 5) is 43.3. The Morgan fingerprint density at radius 3 is 2.58 bits per heavy atom. The Morgan fingerprint density at radius 1 is 1.16 bits per heavy atom. The second-order valence-electron chi connectivity index (χ2n) is 9.32. The third kappa shape index (κ3) is 5.81. The Kier molecular flexibility index (Phi) is 7.96. The van der Waals surface area contributed by atoms with Crippen LogP contribution in [0.4, 0.5) is 14.5 Å². The van der Waals surface area contributed by atoms with E-state index in [1.54, 1.807) is 36.3 Å². The summed E-state index contributed by atoms with van der Waals surface area (Å²) in [6, 6.07) is 8.41. The topological polar surface area (TPSA) is 136 Å². The van der Waals surface area contributed by atoms with E-state index in [9.17, 15) is 18.8 Å². The highest BCUT2D eigenvalue weighted by molar-refractivity contribution is 6.03. The lowest BCUT2D eigenvalue weighted by Crippen LogP contribution is -2.42. The molecule has 13 heteroatoms. The lowest BCUT2D eigenvalue weighted by molar-refractivity contribution is 0.102. The number of amides is 1. The van der Waals surface area contributed by atoms with Crippen LogP contribution in [0.2, 0.25) is 0 Å². The number of hydrogen-bond donors (Lipinski definition) is 3. The maximum absolute atomic E-state index is 15.2. The van der Waals surface area contributed by atoms with Gasteiger partial charge < -0.3 is 25.3 Å². The molecule has 218 valence electrons. The van der Waals surface area contributed by atoms with Crippen LogP contribution in [0.15, 0.2) is 101 Å². The second-order valence-corrected chi connectivity index (χ2v) is 9.32. The van der Waals surface area contributed by atoms with Gasteiger partial charge in [-0.05, 0) is 55.5 Å². The van der Waals surface area contributed by atoms with Crippen LogP contribution >= 0.6 is 0 Å². The number of ether oxygens (including phenoxy) is 1. The van der Waals surface area contributed by atoms with Crippen LogP contribution < -0.4 is 26.6 Å². The van der Waals surface area contributed by atoms with Crippen LogP contribution in [0.1, 0.15) is 23.0 Å².